The molecule has 1 fully saturated rings. The van der Waals surface area contributed by atoms with E-state index in [0.29, 0.717) is 25.6 Å². The van der Waals surface area contributed by atoms with Crippen molar-refractivity contribution in [3.8, 4) is 0 Å². The summed E-state index contributed by atoms with van der Waals surface area (Å²) in [6.45, 7) is 3.48. The molecule has 1 aromatic rings. The van der Waals surface area contributed by atoms with Gasteiger partial charge in [-0.1, -0.05) is 13.0 Å². The van der Waals surface area contributed by atoms with Gasteiger partial charge in [0.1, 0.15) is 10.7 Å². The molecule has 112 valence electrons. The third-order valence-corrected chi connectivity index (χ3v) is 5.49. The van der Waals surface area contributed by atoms with Gasteiger partial charge >= 0.3 is 0 Å². The number of nitrogens with one attached hydrogen (secondary N) is 1. The zero-order chi connectivity index (χ0) is 14.8. The first kappa shape index (κ1) is 15.4. The van der Waals surface area contributed by atoms with Crippen molar-refractivity contribution in [2.75, 3.05) is 20.1 Å². The van der Waals surface area contributed by atoms with Crippen molar-refractivity contribution in [3.05, 3.63) is 29.6 Å². The van der Waals surface area contributed by atoms with E-state index in [1.807, 2.05) is 6.92 Å². The summed E-state index contributed by atoms with van der Waals surface area (Å²) in [6.07, 6.45) is 1.85. The van der Waals surface area contributed by atoms with E-state index in [1.54, 1.807) is 13.1 Å². The Balaban J connectivity index is 2.35. The van der Waals surface area contributed by atoms with Crippen LogP contribution in [0.15, 0.2) is 23.1 Å². The Labute approximate surface area is 120 Å². The fourth-order valence-electron chi connectivity index (χ4n) is 2.56. The summed E-state index contributed by atoms with van der Waals surface area (Å²) in [4.78, 5) is -0.209. The molecule has 0 aromatic heterocycles. The Morgan fingerprint density at radius 3 is 2.85 bits per heavy atom. The van der Waals surface area contributed by atoms with Crippen LogP contribution in [0.25, 0.3) is 0 Å². The van der Waals surface area contributed by atoms with Gasteiger partial charge in [0.15, 0.2) is 0 Å². The van der Waals surface area contributed by atoms with Crippen LogP contribution in [0.3, 0.4) is 0 Å². The van der Waals surface area contributed by atoms with Crippen LogP contribution in [-0.2, 0) is 16.6 Å². The Kier molecular flexibility index (Phi) is 4.78. The second-order valence-corrected chi connectivity index (χ2v) is 7.31. The first-order chi connectivity index (χ1) is 9.45. The molecule has 0 radical (unpaired) electrons. The molecule has 0 saturated carbocycles. The number of piperidine rings is 1. The Morgan fingerprint density at radius 1 is 1.45 bits per heavy atom. The van der Waals surface area contributed by atoms with Gasteiger partial charge in [0.2, 0.25) is 10.0 Å². The molecule has 1 saturated heterocycles. The van der Waals surface area contributed by atoms with Crippen LogP contribution < -0.4 is 5.32 Å². The maximum absolute atomic E-state index is 13.9. The lowest BCUT2D eigenvalue weighted by Crippen LogP contribution is -2.39. The number of rotatable bonds is 4. The van der Waals surface area contributed by atoms with Gasteiger partial charge in [-0.3, -0.25) is 0 Å². The van der Waals surface area contributed by atoms with Crippen LogP contribution in [0.4, 0.5) is 4.39 Å². The zero-order valence-electron chi connectivity index (χ0n) is 11.9. The molecule has 0 aliphatic carbocycles. The van der Waals surface area contributed by atoms with E-state index in [1.165, 1.54) is 16.4 Å². The minimum Gasteiger partial charge on any atom is -0.316 e. The molecular weight excluding hydrogens is 279 g/mol. The molecule has 6 heteroatoms. The summed E-state index contributed by atoms with van der Waals surface area (Å²) < 4.78 is 40.5. The molecule has 4 nitrogen and oxygen atoms in total. The maximum atomic E-state index is 13.9. The van der Waals surface area contributed by atoms with E-state index in [-0.39, 0.29) is 4.90 Å². The van der Waals surface area contributed by atoms with Gasteiger partial charge in [0, 0.05) is 19.6 Å². The largest absolute Gasteiger partial charge is 0.316 e. The molecule has 1 unspecified atom stereocenters. The topological polar surface area (TPSA) is 49.4 Å². The summed E-state index contributed by atoms with van der Waals surface area (Å²) in [5.74, 6) is -0.356. The van der Waals surface area contributed by atoms with Crippen molar-refractivity contribution in [1.82, 2.24) is 9.62 Å². The van der Waals surface area contributed by atoms with Gasteiger partial charge in [-0.2, -0.15) is 4.31 Å². The minimum atomic E-state index is -3.74. The molecule has 20 heavy (non-hydrogen) atoms. The fraction of sp³-hybridized carbons (Fsp3) is 0.571. The Bertz CT molecular complexity index is 575. The molecular formula is C14H21FN2O2S. The molecule has 0 spiro atoms. The van der Waals surface area contributed by atoms with E-state index in [2.05, 4.69) is 5.32 Å². The number of benzene rings is 1. The zero-order valence-corrected chi connectivity index (χ0v) is 12.7. The number of hydrogen-bond acceptors (Lipinski definition) is 3. The van der Waals surface area contributed by atoms with Crippen molar-refractivity contribution < 1.29 is 12.8 Å². The third-order valence-electron chi connectivity index (χ3n) is 3.61. The molecule has 1 atom stereocenters. The van der Waals surface area contributed by atoms with E-state index < -0.39 is 15.8 Å². The van der Waals surface area contributed by atoms with Crippen LogP contribution in [0.5, 0.6) is 0 Å². The highest BCUT2D eigenvalue weighted by Crippen LogP contribution is 2.25. The van der Waals surface area contributed by atoms with Gasteiger partial charge in [0.05, 0.1) is 0 Å². The van der Waals surface area contributed by atoms with Crippen molar-refractivity contribution in [1.29, 1.82) is 0 Å². The third kappa shape index (κ3) is 3.19. The van der Waals surface area contributed by atoms with E-state index in [0.717, 1.165) is 18.4 Å². The van der Waals surface area contributed by atoms with Gasteiger partial charge in [-0.25, -0.2) is 12.8 Å². The molecule has 0 amide bonds. The standard InChI is InChI=1S/C14H21FN2O2S/c1-11-4-3-7-17(10-11)20(18,19)14-8-12(9-16-2)5-6-13(14)15/h5-6,8,11,16H,3-4,7,9-10H2,1-2H3. The van der Waals surface area contributed by atoms with Crippen molar-refractivity contribution >= 4 is 10.0 Å². The highest BCUT2D eigenvalue weighted by Gasteiger charge is 2.30. The summed E-state index contributed by atoms with van der Waals surface area (Å²) in [6, 6.07) is 4.26. The summed E-state index contributed by atoms with van der Waals surface area (Å²) in [5.41, 5.74) is 0.762. The smallest absolute Gasteiger partial charge is 0.246 e. The first-order valence-corrected chi connectivity index (χ1v) is 8.32. The van der Waals surface area contributed by atoms with Crippen molar-refractivity contribution in [2.45, 2.75) is 31.2 Å². The average molecular weight is 300 g/mol. The fourth-order valence-corrected chi connectivity index (χ4v) is 4.28. The van der Waals surface area contributed by atoms with Crippen LogP contribution in [0, 0.1) is 11.7 Å². The molecule has 1 heterocycles. The summed E-state index contributed by atoms with van der Waals surface area (Å²) in [5, 5.41) is 2.94. The molecule has 1 aliphatic heterocycles. The van der Waals surface area contributed by atoms with Crippen LogP contribution in [0.2, 0.25) is 0 Å². The maximum Gasteiger partial charge on any atom is 0.246 e. The van der Waals surface area contributed by atoms with Crippen LogP contribution in [0.1, 0.15) is 25.3 Å². The van der Waals surface area contributed by atoms with E-state index >= 15 is 0 Å². The average Bonchev–Trinajstić information content (AvgIpc) is 2.41. The lowest BCUT2D eigenvalue weighted by molar-refractivity contribution is 0.280. The minimum absolute atomic E-state index is 0.209. The number of halogens is 1. The molecule has 0 bridgehead atoms. The number of hydrogen-bond donors (Lipinski definition) is 1. The van der Waals surface area contributed by atoms with Gasteiger partial charge in [0.25, 0.3) is 0 Å². The highest BCUT2D eigenvalue weighted by molar-refractivity contribution is 7.89. The summed E-state index contributed by atoms with van der Waals surface area (Å²) >= 11 is 0. The normalized spacial score (nSPS) is 21.1. The van der Waals surface area contributed by atoms with E-state index in [4.69, 9.17) is 0 Å². The molecule has 1 aliphatic rings. The van der Waals surface area contributed by atoms with Crippen molar-refractivity contribution in [3.63, 3.8) is 0 Å². The van der Waals surface area contributed by atoms with Gasteiger partial charge < -0.3 is 5.32 Å². The predicted octanol–water partition coefficient (Wildman–Crippen LogP) is 1.97. The number of sulfonamides is 1. The van der Waals surface area contributed by atoms with Crippen LogP contribution >= 0.6 is 0 Å². The second-order valence-electron chi connectivity index (χ2n) is 5.41. The number of nitrogens with zero attached hydrogens (tertiary/aromatic N) is 1. The lowest BCUT2D eigenvalue weighted by atomic mass is 10.0. The Morgan fingerprint density at radius 2 is 2.20 bits per heavy atom. The second kappa shape index (κ2) is 6.20. The lowest BCUT2D eigenvalue weighted by Gasteiger charge is -2.30. The molecule has 1 aromatic carbocycles. The van der Waals surface area contributed by atoms with Crippen molar-refractivity contribution in [2.24, 2.45) is 5.92 Å². The SMILES string of the molecule is CNCc1ccc(F)c(S(=O)(=O)N2CCCC(C)C2)c1. The highest BCUT2D eigenvalue weighted by atomic mass is 32.2. The van der Waals surface area contributed by atoms with Gasteiger partial charge in [-0.15, -0.1) is 0 Å². The predicted molar refractivity (Wildman–Crippen MR) is 76.3 cm³/mol. The Hall–Kier alpha value is -0.980. The summed E-state index contributed by atoms with van der Waals surface area (Å²) in [7, 11) is -1.97. The molecule has 1 N–H and O–H groups in total. The van der Waals surface area contributed by atoms with Crippen LogP contribution in [-0.4, -0.2) is 32.9 Å². The monoisotopic (exact) mass is 300 g/mol. The van der Waals surface area contributed by atoms with E-state index in [9.17, 15) is 12.8 Å². The molecule has 2 rings (SSSR count). The first-order valence-electron chi connectivity index (χ1n) is 6.88. The quantitative estimate of drug-likeness (QED) is 0.925. The van der Waals surface area contributed by atoms with Gasteiger partial charge in [-0.05, 0) is 43.5 Å².